The molecule has 0 unspecified atom stereocenters. The van der Waals surface area contributed by atoms with Gasteiger partial charge in [0.05, 0.1) is 22.3 Å². The number of thiophene rings is 1. The summed E-state index contributed by atoms with van der Waals surface area (Å²) in [4.78, 5) is 15.2. The maximum Gasteiger partial charge on any atom is 0.264 e. The molecular weight excluding hydrogens is 262 g/mol. The first-order valence-corrected chi connectivity index (χ1v) is 6.48. The minimum Gasteiger partial charge on any atom is -0.472 e. The van der Waals surface area contributed by atoms with Gasteiger partial charge in [0.25, 0.3) is 5.91 Å². The Morgan fingerprint density at radius 3 is 3.00 bits per heavy atom. The first-order valence-electron chi connectivity index (χ1n) is 5.67. The van der Waals surface area contributed by atoms with E-state index in [4.69, 9.17) is 9.52 Å². The fourth-order valence-corrected chi connectivity index (χ4v) is 2.44. The van der Waals surface area contributed by atoms with Crippen LogP contribution in [0.3, 0.4) is 0 Å². The standard InChI is InChI=1S/C14H13NO3S/c1-15(9-11-6-8-18-10-11)14(17)13-5-4-12(19-13)3-2-7-16/h4-6,8,10,16H,7,9H2,1H3. The normalized spacial score (nSPS) is 9.79. The van der Waals surface area contributed by atoms with Gasteiger partial charge in [-0.25, -0.2) is 0 Å². The molecule has 0 saturated carbocycles. The molecule has 0 spiro atoms. The fraction of sp³-hybridized carbons (Fsp3) is 0.214. The number of hydrogen-bond acceptors (Lipinski definition) is 4. The molecule has 2 aromatic rings. The van der Waals surface area contributed by atoms with Crippen molar-refractivity contribution in [1.82, 2.24) is 4.90 Å². The molecule has 0 bridgehead atoms. The Bertz CT molecular complexity index is 604. The summed E-state index contributed by atoms with van der Waals surface area (Å²) < 4.78 is 4.97. The van der Waals surface area contributed by atoms with Crippen LogP contribution in [-0.2, 0) is 6.54 Å². The Kier molecular flexibility index (Phi) is 4.39. The molecule has 0 atom stereocenters. The van der Waals surface area contributed by atoms with Crippen LogP contribution in [0.5, 0.6) is 0 Å². The van der Waals surface area contributed by atoms with Gasteiger partial charge in [-0.15, -0.1) is 11.3 Å². The number of carbonyl (C=O) groups is 1. The van der Waals surface area contributed by atoms with Gasteiger partial charge in [0.1, 0.15) is 6.61 Å². The number of hydrogen-bond donors (Lipinski definition) is 1. The topological polar surface area (TPSA) is 53.7 Å². The number of rotatable bonds is 3. The summed E-state index contributed by atoms with van der Waals surface area (Å²) in [5, 5.41) is 8.62. The third kappa shape index (κ3) is 3.47. The van der Waals surface area contributed by atoms with Crippen molar-refractivity contribution < 1.29 is 14.3 Å². The van der Waals surface area contributed by atoms with Crippen LogP contribution in [0.15, 0.2) is 35.1 Å². The molecule has 0 aliphatic rings. The number of aliphatic hydroxyl groups is 1. The molecule has 0 fully saturated rings. The van der Waals surface area contributed by atoms with Crippen molar-refractivity contribution in [2.75, 3.05) is 13.7 Å². The van der Waals surface area contributed by atoms with E-state index in [1.54, 1.807) is 36.6 Å². The molecule has 0 aliphatic heterocycles. The third-order valence-electron chi connectivity index (χ3n) is 2.45. The molecule has 0 aromatic carbocycles. The van der Waals surface area contributed by atoms with Crippen molar-refractivity contribution in [3.8, 4) is 11.8 Å². The van der Waals surface area contributed by atoms with Crippen LogP contribution in [0.1, 0.15) is 20.1 Å². The molecule has 19 heavy (non-hydrogen) atoms. The molecule has 1 amide bonds. The minimum atomic E-state index is -0.179. The molecule has 98 valence electrons. The zero-order chi connectivity index (χ0) is 13.7. The smallest absolute Gasteiger partial charge is 0.264 e. The quantitative estimate of drug-likeness (QED) is 0.871. The van der Waals surface area contributed by atoms with Gasteiger partial charge in [0.2, 0.25) is 0 Å². The van der Waals surface area contributed by atoms with Gasteiger partial charge in [-0.05, 0) is 18.2 Å². The largest absolute Gasteiger partial charge is 0.472 e. The molecule has 2 rings (SSSR count). The van der Waals surface area contributed by atoms with Crippen LogP contribution in [0.2, 0.25) is 0 Å². The van der Waals surface area contributed by atoms with E-state index in [0.717, 1.165) is 10.4 Å². The van der Waals surface area contributed by atoms with Crippen molar-refractivity contribution in [2.45, 2.75) is 6.54 Å². The van der Waals surface area contributed by atoms with Gasteiger partial charge in [0, 0.05) is 19.2 Å². The molecule has 2 heterocycles. The highest BCUT2D eigenvalue weighted by molar-refractivity contribution is 7.14. The van der Waals surface area contributed by atoms with Crippen LogP contribution in [0.25, 0.3) is 0 Å². The maximum absolute atomic E-state index is 12.2. The van der Waals surface area contributed by atoms with Crippen molar-refractivity contribution in [1.29, 1.82) is 0 Å². The number of nitrogens with zero attached hydrogens (tertiary/aromatic N) is 1. The van der Waals surface area contributed by atoms with Crippen molar-refractivity contribution in [3.05, 3.63) is 46.0 Å². The number of amides is 1. The minimum absolute atomic E-state index is 0.0525. The Morgan fingerprint density at radius 1 is 1.47 bits per heavy atom. The van der Waals surface area contributed by atoms with E-state index < -0.39 is 0 Å². The summed E-state index contributed by atoms with van der Waals surface area (Å²) >= 11 is 1.32. The Morgan fingerprint density at radius 2 is 2.32 bits per heavy atom. The SMILES string of the molecule is CN(Cc1ccoc1)C(=O)c1ccc(C#CCO)s1. The third-order valence-corrected chi connectivity index (χ3v) is 3.44. The lowest BCUT2D eigenvalue weighted by molar-refractivity contribution is 0.0789. The molecule has 1 N–H and O–H groups in total. The summed E-state index contributed by atoms with van der Waals surface area (Å²) in [7, 11) is 1.74. The van der Waals surface area contributed by atoms with Gasteiger partial charge >= 0.3 is 0 Å². The average Bonchev–Trinajstić information content (AvgIpc) is 3.06. The van der Waals surface area contributed by atoms with E-state index in [0.29, 0.717) is 11.4 Å². The van der Waals surface area contributed by atoms with Gasteiger partial charge in [-0.2, -0.15) is 0 Å². The lowest BCUT2D eigenvalue weighted by Gasteiger charge is -2.14. The summed E-state index contributed by atoms with van der Waals surface area (Å²) in [5.41, 5.74) is 0.952. The molecule has 2 aromatic heterocycles. The van der Waals surface area contributed by atoms with E-state index in [1.165, 1.54) is 11.3 Å². The van der Waals surface area contributed by atoms with E-state index in [2.05, 4.69) is 11.8 Å². The summed E-state index contributed by atoms with van der Waals surface area (Å²) in [5.74, 6) is 5.30. The van der Waals surface area contributed by atoms with E-state index in [-0.39, 0.29) is 12.5 Å². The number of furan rings is 1. The Hall–Kier alpha value is -2.03. The van der Waals surface area contributed by atoms with E-state index in [1.807, 2.05) is 6.07 Å². The lowest BCUT2D eigenvalue weighted by atomic mass is 10.3. The lowest BCUT2D eigenvalue weighted by Crippen LogP contribution is -2.25. The zero-order valence-corrected chi connectivity index (χ0v) is 11.2. The Balaban J connectivity index is 2.04. The van der Waals surface area contributed by atoms with E-state index in [9.17, 15) is 4.79 Å². The number of aliphatic hydroxyl groups excluding tert-OH is 1. The highest BCUT2D eigenvalue weighted by Gasteiger charge is 2.14. The predicted molar refractivity (Wildman–Crippen MR) is 72.8 cm³/mol. The van der Waals surface area contributed by atoms with Gasteiger partial charge in [-0.1, -0.05) is 11.8 Å². The van der Waals surface area contributed by atoms with Gasteiger partial charge in [0.15, 0.2) is 0 Å². The summed E-state index contributed by atoms with van der Waals surface area (Å²) in [6.07, 6.45) is 3.21. The second-order valence-corrected chi connectivity index (χ2v) is 5.00. The molecule has 4 nitrogen and oxygen atoms in total. The van der Waals surface area contributed by atoms with Crippen LogP contribution in [0.4, 0.5) is 0 Å². The van der Waals surface area contributed by atoms with Gasteiger partial charge < -0.3 is 14.4 Å². The monoisotopic (exact) mass is 275 g/mol. The molecule has 0 radical (unpaired) electrons. The first kappa shape index (κ1) is 13.4. The first-order chi connectivity index (χ1) is 9.20. The molecule has 0 aliphatic carbocycles. The summed E-state index contributed by atoms with van der Waals surface area (Å²) in [6, 6.07) is 5.36. The van der Waals surface area contributed by atoms with Crippen LogP contribution in [-0.4, -0.2) is 29.6 Å². The predicted octanol–water partition coefficient (Wildman–Crippen LogP) is 1.96. The fourth-order valence-electron chi connectivity index (χ4n) is 1.56. The summed E-state index contributed by atoms with van der Waals surface area (Å²) in [6.45, 7) is 0.326. The van der Waals surface area contributed by atoms with Crippen molar-refractivity contribution in [2.24, 2.45) is 0 Å². The van der Waals surface area contributed by atoms with Gasteiger partial charge in [-0.3, -0.25) is 4.79 Å². The molecule has 0 saturated heterocycles. The van der Waals surface area contributed by atoms with Crippen LogP contribution >= 0.6 is 11.3 Å². The highest BCUT2D eigenvalue weighted by Crippen LogP contribution is 2.18. The van der Waals surface area contributed by atoms with Crippen LogP contribution < -0.4 is 0 Å². The Labute approximate surface area is 115 Å². The average molecular weight is 275 g/mol. The highest BCUT2D eigenvalue weighted by atomic mass is 32.1. The zero-order valence-electron chi connectivity index (χ0n) is 10.4. The van der Waals surface area contributed by atoms with Crippen LogP contribution in [0, 0.1) is 11.8 Å². The number of carbonyl (C=O) groups excluding carboxylic acids is 1. The second kappa shape index (κ2) is 6.23. The molecule has 5 heteroatoms. The maximum atomic E-state index is 12.2. The van der Waals surface area contributed by atoms with E-state index >= 15 is 0 Å². The van der Waals surface area contributed by atoms with Crippen molar-refractivity contribution in [3.63, 3.8) is 0 Å². The molecular formula is C14H13NO3S. The second-order valence-electron chi connectivity index (χ2n) is 3.92. The van der Waals surface area contributed by atoms with Crippen molar-refractivity contribution >= 4 is 17.2 Å².